The number of hydrogen-bond acceptors (Lipinski definition) is 3. The predicted molar refractivity (Wildman–Crippen MR) is 47.7 cm³/mol. The number of nitro groups is 1. The van der Waals surface area contributed by atoms with Gasteiger partial charge in [-0.2, -0.15) is 13.2 Å². The Bertz CT molecular complexity index is 362. The van der Waals surface area contributed by atoms with Crippen molar-refractivity contribution in [3.8, 4) is 0 Å². The Labute approximate surface area is 89.2 Å². The van der Waals surface area contributed by atoms with E-state index in [2.05, 4.69) is 5.10 Å². The number of halogens is 4. The summed E-state index contributed by atoms with van der Waals surface area (Å²) in [4.78, 5) is 9.39. The van der Waals surface area contributed by atoms with E-state index in [0.717, 1.165) is 6.07 Å². The van der Waals surface area contributed by atoms with Crippen LogP contribution in [0.4, 0.5) is 19.0 Å². The van der Waals surface area contributed by atoms with E-state index < -0.39 is 23.5 Å². The van der Waals surface area contributed by atoms with E-state index in [4.69, 9.17) is 0 Å². The van der Waals surface area contributed by atoms with Gasteiger partial charge in [-0.25, -0.2) is 0 Å². The van der Waals surface area contributed by atoms with Gasteiger partial charge in [0, 0.05) is 0 Å². The molecule has 0 atom stereocenters. The quantitative estimate of drug-likeness (QED) is 0.475. The van der Waals surface area contributed by atoms with Gasteiger partial charge in [0.25, 0.3) is 0 Å². The zero-order valence-corrected chi connectivity index (χ0v) is 8.61. The third-order valence-electron chi connectivity index (χ3n) is 1.25. The van der Waals surface area contributed by atoms with Gasteiger partial charge in [0.2, 0.25) is 6.54 Å². The molecule has 0 saturated carbocycles. The Kier molecular flexibility index (Phi) is 2.97. The van der Waals surface area contributed by atoms with Crippen molar-refractivity contribution in [3.05, 3.63) is 19.9 Å². The molecule has 1 aromatic rings. The second kappa shape index (κ2) is 3.71. The van der Waals surface area contributed by atoms with E-state index in [1.807, 2.05) is 0 Å². The second-order valence-corrected chi connectivity index (χ2v) is 3.46. The first kappa shape index (κ1) is 11.2. The molecule has 0 radical (unpaired) electrons. The van der Waals surface area contributed by atoms with Gasteiger partial charge in [0.05, 0.1) is 6.07 Å². The minimum Gasteiger partial charge on any atom is -0.358 e. The van der Waals surface area contributed by atoms with Crippen molar-refractivity contribution in [2.75, 3.05) is 0 Å². The molecule has 78 valence electrons. The van der Waals surface area contributed by atoms with Crippen molar-refractivity contribution in [1.82, 2.24) is 9.78 Å². The Morgan fingerprint density at radius 3 is 2.64 bits per heavy atom. The highest BCUT2D eigenvalue weighted by atomic mass is 127. The lowest BCUT2D eigenvalue weighted by Gasteiger charge is -2.02. The Hall–Kier alpha value is -0.870. The molecule has 0 aliphatic rings. The smallest absolute Gasteiger partial charge is 0.358 e. The molecule has 1 aromatic heterocycles. The summed E-state index contributed by atoms with van der Waals surface area (Å²) in [5.74, 6) is -0.660. The summed E-state index contributed by atoms with van der Waals surface area (Å²) in [6, 6.07) is 0.978. The molecular formula is C5H3F3IN3O2. The van der Waals surface area contributed by atoms with E-state index in [9.17, 15) is 23.3 Å². The van der Waals surface area contributed by atoms with Crippen LogP contribution in [0.15, 0.2) is 6.07 Å². The highest BCUT2D eigenvalue weighted by Crippen LogP contribution is 2.22. The molecule has 0 aromatic carbocycles. The summed E-state index contributed by atoms with van der Waals surface area (Å²) in [6.45, 7) is -1.45. The molecule has 0 unspecified atom stereocenters. The second-order valence-electron chi connectivity index (χ2n) is 2.36. The summed E-state index contributed by atoms with van der Waals surface area (Å²) in [7, 11) is 0. The lowest BCUT2D eigenvalue weighted by Crippen LogP contribution is -2.19. The van der Waals surface area contributed by atoms with Crippen molar-refractivity contribution in [2.45, 2.75) is 12.7 Å². The first-order valence-corrected chi connectivity index (χ1v) is 4.32. The van der Waals surface area contributed by atoms with Gasteiger partial charge < -0.3 is 10.1 Å². The lowest BCUT2D eigenvalue weighted by atomic mass is 10.6. The summed E-state index contributed by atoms with van der Waals surface area (Å²) < 4.78 is 36.2. The maximum Gasteiger partial charge on any atom is 0.428 e. The Balaban J connectivity index is 3.02. The monoisotopic (exact) mass is 321 g/mol. The van der Waals surface area contributed by atoms with Crippen LogP contribution in [-0.2, 0) is 6.54 Å². The zero-order chi connectivity index (χ0) is 10.9. The van der Waals surface area contributed by atoms with Crippen LogP contribution in [-0.4, -0.2) is 20.9 Å². The first-order valence-electron chi connectivity index (χ1n) is 3.24. The van der Waals surface area contributed by atoms with Crippen LogP contribution in [0.25, 0.3) is 0 Å². The van der Waals surface area contributed by atoms with Crippen LogP contribution in [0.3, 0.4) is 0 Å². The molecule has 0 aliphatic carbocycles. The number of hydrogen-bond donors (Lipinski definition) is 0. The molecule has 0 N–H and O–H groups in total. The summed E-state index contributed by atoms with van der Waals surface area (Å²) in [6.07, 6.45) is -4.51. The Morgan fingerprint density at radius 1 is 1.64 bits per heavy atom. The molecule has 0 amide bonds. The van der Waals surface area contributed by atoms with Crippen LogP contribution in [0, 0.1) is 13.8 Å². The van der Waals surface area contributed by atoms with Gasteiger partial charge in [-0.15, -0.1) is 4.68 Å². The summed E-state index contributed by atoms with van der Waals surface area (Å²) in [5.41, 5.74) is 0. The minimum atomic E-state index is -4.51. The predicted octanol–water partition coefficient (Wildman–Crippen LogP) is 1.96. The van der Waals surface area contributed by atoms with E-state index in [-0.39, 0.29) is 3.70 Å². The van der Waals surface area contributed by atoms with Crippen molar-refractivity contribution in [3.63, 3.8) is 0 Å². The molecule has 0 spiro atoms. The summed E-state index contributed by atoms with van der Waals surface area (Å²) >= 11 is 1.61. The van der Waals surface area contributed by atoms with Crippen LogP contribution in [0.5, 0.6) is 0 Å². The number of nitrogens with zero attached hydrogens (tertiary/aromatic N) is 3. The summed E-state index contributed by atoms with van der Waals surface area (Å²) in [5, 5.41) is 13.7. The van der Waals surface area contributed by atoms with Gasteiger partial charge in [-0.3, -0.25) is 0 Å². The van der Waals surface area contributed by atoms with Crippen molar-refractivity contribution in [2.24, 2.45) is 0 Å². The first-order chi connectivity index (χ1) is 6.29. The number of alkyl halides is 3. The molecule has 0 aliphatic heterocycles. The van der Waals surface area contributed by atoms with Crippen LogP contribution < -0.4 is 0 Å². The molecular weight excluding hydrogens is 318 g/mol. The molecule has 0 fully saturated rings. The maximum absolute atomic E-state index is 11.9. The topological polar surface area (TPSA) is 61.0 Å². The van der Waals surface area contributed by atoms with Crippen molar-refractivity contribution < 1.29 is 18.1 Å². The van der Waals surface area contributed by atoms with Crippen LogP contribution >= 0.6 is 22.6 Å². The van der Waals surface area contributed by atoms with Crippen molar-refractivity contribution in [1.29, 1.82) is 0 Å². The van der Waals surface area contributed by atoms with Gasteiger partial charge >= 0.3 is 12.0 Å². The minimum absolute atomic E-state index is 0.151. The van der Waals surface area contributed by atoms with E-state index in [1.165, 1.54) is 0 Å². The van der Waals surface area contributed by atoms with Crippen LogP contribution in [0.2, 0.25) is 0 Å². The average molecular weight is 321 g/mol. The Morgan fingerprint density at radius 2 is 2.21 bits per heavy atom. The van der Waals surface area contributed by atoms with Crippen molar-refractivity contribution >= 4 is 28.4 Å². The highest BCUT2D eigenvalue weighted by molar-refractivity contribution is 14.1. The highest BCUT2D eigenvalue weighted by Gasteiger charge is 2.34. The third-order valence-corrected chi connectivity index (χ3v) is 1.77. The van der Waals surface area contributed by atoms with Gasteiger partial charge in [0.15, 0.2) is 3.70 Å². The number of aromatic nitrogens is 2. The van der Waals surface area contributed by atoms with Gasteiger partial charge in [-0.05, 0) is 27.5 Å². The maximum atomic E-state index is 11.9. The SMILES string of the molecule is O=[N+]([O-])c1cc(I)nn1CC(F)(F)F. The van der Waals surface area contributed by atoms with E-state index in [0.29, 0.717) is 4.68 Å². The van der Waals surface area contributed by atoms with E-state index >= 15 is 0 Å². The fourth-order valence-electron chi connectivity index (χ4n) is 0.810. The normalized spacial score (nSPS) is 11.7. The van der Waals surface area contributed by atoms with E-state index in [1.54, 1.807) is 22.6 Å². The van der Waals surface area contributed by atoms with Gasteiger partial charge in [0.1, 0.15) is 0 Å². The molecule has 14 heavy (non-hydrogen) atoms. The number of rotatable bonds is 2. The molecule has 9 heteroatoms. The molecule has 1 heterocycles. The molecule has 0 bridgehead atoms. The molecule has 0 saturated heterocycles. The standard InChI is InChI=1S/C5H3F3IN3O2/c6-5(7,8)2-11-4(12(13)14)1-3(9)10-11/h1H,2H2. The lowest BCUT2D eigenvalue weighted by molar-refractivity contribution is -0.393. The fraction of sp³-hybridized carbons (Fsp3) is 0.400. The van der Waals surface area contributed by atoms with Gasteiger partial charge in [-0.1, -0.05) is 5.10 Å². The fourth-order valence-corrected chi connectivity index (χ4v) is 1.35. The molecule has 5 nitrogen and oxygen atoms in total. The molecule has 1 rings (SSSR count). The third kappa shape index (κ3) is 2.82. The average Bonchev–Trinajstić information content (AvgIpc) is 2.27. The van der Waals surface area contributed by atoms with Crippen LogP contribution in [0.1, 0.15) is 0 Å². The zero-order valence-electron chi connectivity index (χ0n) is 6.45. The largest absolute Gasteiger partial charge is 0.428 e.